The maximum Gasteiger partial charge on any atom is 0.412 e. The van der Waals surface area contributed by atoms with Crippen LogP contribution < -0.4 is 5.32 Å². The van der Waals surface area contributed by atoms with Crippen LogP contribution in [0.1, 0.15) is 22.1 Å². The molecule has 0 aliphatic heterocycles. The van der Waals surface area contributed by atoms with Crippen molar-refractivity contribution in [3.05, 3.63) is 83.7 Å². The summed E-state index contributed by atoms with van der Waals surface area (Å²) in [4.78, 5) is 12.2. The molecule has 0 aliphatic rings. The summed E-state index contributed by atoms with van der Waals surface area (Å²) in [5.74, 6) is -2.21. The molecule has 140 valence electrons. The number of hydrogen-bond acceptors (Lipinski definition) is 2. The standard InChI is InChI=1S/C18H12F5N3O/c19-12-3-1-11(2-4-12)16(18(21,22)23)24-17(27)15-9-10-26(25-15)14-7-5-13(20)6-8-14/h1-10,16H,(H,24,27). The Bertz CT molecular complexity index is 933. The Morgan fingerprint density at radius 3 is 2.04 bits per heavy atom. The summed E-state index contributed by atoms with van der Waals surface area (Å²) in [7, 11) is 0. The molecule has 1 heterocycles. The van der Waals surface area contributed by atoms with Crippen LogP contribution in [0.5, 0.6) is 0 Å². The lowest BCUT2D eigenvalue weighted by Crippen LogP contribution is -2.38. The molecule has 0 saturated carbocycles. The summed E-state index contributed by atoms with van der Waals surface area (Å²) in [5.41, 5.74) is -0.132. The van der Waals surface area contributed by atoms with Crippen molar-refractivity contribution in [3.63, 3.8) is 0 Å². The Morgan fingerprint density at radius 2 is 1.48 bits per heavy atom. The third kappa shape index (κ3) is 4.30. The van der Waals surface area contributed by atoms with E-state index in [9.17, 15) is 26.7 Å². The SMILES string of the molecule is O=C(NC(c1ccc(F)cc1)C(F)(F)F)c1ccn(-c2ccc(F)cc2)n1. The minimum absolute atomic E-state index is 0.254. The van der Waals surface area contributed by atoms with Crippen molar-refractivity contribution < 1.29 is 26.7 Å². The monoisotopic (exact) mass is 381 g/mol. The number of carbonyl (C=O) groups is 1. The molecular weight excluding hydrogens is 369 g/mol. The summed E-state index contributed by atoms with van der Waals surface area (Å²) in [6.07, 6.45) is -3.42. The average Bonchev–Trinajstić information content (AvgIpc) is 3.10. The number of benzene rings is 2. The number of aromatic nitrogens is 2. The number of carbonyl (C=O) groups excluding carboxylic acids is 1. The van der Waals surface area contributed by atoms with Gasteiger partial charge in [-0.15, -0.1) is 0 Å². The second-order valence-electron chi connectivity index (χ2n) is 5.62. The molecule has 27 heavy (non-hydrogen) atoms. The normalized spacial score (nSPS) is 12.6. The summed E-state index contributed by atoms with van der Waals surface area (Å²) >= 11 is 0. The molecule has 0 bridgehead atoms. The fourth-order valence-electron chi connectivity index (χ4n) is 2.40. The predicted molar refractivity (Wildman–Crippen MR) is 86.2 cm³/mol. The van der Waals surface area contributed by atoms with Gasteiger partial charge in [0, 0.05) is 6.20 Å². The molecule has 0 spiro atoms. The first-order valence-corrected chi connectivity index (χ1v) is 7.69. The fraction of sp³-hybridized carbons (Fsp3) is 0.111. The van der Waals surface area contributed by atoms with Crippen molar-refractivity contribution in [3.8, 4) is 5.69 Å². The van der Waals surface area contributed by atoms with E-state index in [2.05, 4.69) is 5.10 Å². The highest BCUT2D eigenvalue weighted by Gasteiger charge is 2.42. The first-order chi connectivity index (χ1) is 12.7. The van der Waals surface area contributed by atoms with Crippen molar-refractivity contribution in [1.29, 1.82) is 0 Å². The van der Waals surface area contributed by atoms with Crippen molar-refractivity contribution in [2.75, 3.05) is 0 Å². The van der Waals surface area contributed by atoms with Gasteiger partial charge in [0.05, 0.1) is 5.69 Å². The quantitative estimate of drug-likeness (QED) is 0.689. The minimum Gasteiger partial charge on any atom is -0.335 e. The van der Waals surface area contributed by atoms with E-state index < -0.39 is 29.8 Å². The van der Waals surface area contributed by atoms with E-state index in [0.29, 0.717) is 5.69 Å². The third-order valence-electron chi connectivity index (χ3n) is 3.72. The number of nitrogens with one attached hydrogen (secondary N) is 1. The van der Waals surface area contributed by atoms with E-state index in [1.54, 1.807) is 0 Å². The predicted octanol–water partition coefficient (Wildman–Crippen LogP) is 4.18. The first kappa shape index (κ1) is 18.6. The highest BCUT2D eigenvalue weighted by molar-refractivity contribution is 5.92. The molecule has 1 aromatic heterocycles. The number of halogens is 5. The average molecular weight is 381 g/mol. The number of amides is 1. The van der Waals surface area contributed by atoms with Gasteiger partial charge in [0.15, 0.2) is 11.7 Å². The number of hydrogen-bond donors (Lipinski definition) is 1. The van der Waals surface area contributed by atoms with E-state index in [1.807, 2.05) is 5.32 Å². The van der Waals surface area contributed by atoms with Crippen LogP contribution in [0.3, 0.4) is 0 Å². The van der Waals surface area contributed by atoms with Gasteiger partial charge in [0.25, 0.3) is 5.91 Å². The maximum absolute atomic E-state index is 13.3. The Morgan fingerprint density at radius 1 is 0.926 bits per heavy atom. The van der Waals surface area contributed by atoms with Gasteiger partial charge in [-0.25, -0.2) is 13.5 Å². The van der Waals surface area contributed by atoms with Crippen molar-refractivity contribution in [2.45, 2.75) is 12.2 Å². The Hall–Kier alpha value is -3.23. The molecule has 1 unspecified atom stereocenters. The number of nitrogens with zero attached hydrogens (tertiary/aromatic N) is 2. The van der Waals surface area contributed by atoms with Crippen LogP contribution in [0.2, 0.25) is 0 Å². The van der Waals surface area contributed by atoms with Gasteiger partial charge >= 0.3 is 6.18 Å². The molecule has 0 aliphatic carbocycles. The van der Waals surface area contributed by atoms with Crippen LogP contribution in [-0.2, 0) is 0 Å². The van der Waals surface area contributed by atoms with Gasteiger partial charge in [-0.2, -0.15) is 18.3 Å². The minimum atomic E-state index is -4.78. The van der Waals surface area contributed by atoms with E-state index in [-0.39, 0.29) is 11.3 Å². The molecule has 9 heteroatoms. The second-order valence-corrected chi connectivity index (χ2v) is 5.62. The fourth-order valence-corrected chi connectivity index (χ4v) is 2.40. The van der Waals surface area contributed by atoms with Crippen LogP contribution in [0, 0.1) is 11.6 Å². The van der Waals surface area contributed by atoms with E-state index in [4.69, 9.17) is 0 Å². The molecule has 3 aromatic rings. The lowest BCUT2D eigenvalue weighted by Gasteiger charge is -2.21. The zero-order valence-corrected chi connectivity index (χ0v) is 13.5. The molecule has 1 atom stereocenters. The summed E-state index contributed by atoms with van der Waals surface area (Å²) < 4.78 is 67.1. The maximum atomic E-state index is 13.3. The van der Waals surface area contributed by atoms with Gasteiger partial charge < -0.3 is 5.32 Å². The van der Waals surface area contributed by atoms with Crippen LogP contribution in [0.4, 0.5) is 22.0 Å². The molecule has 3 rings (SSSR count). The molecule has 1 amide bonds. The number of rotatable bonds is 4. The van der Waals surface area contributed by atoms with E-state index >= 15 is 0 Å². The summed E-state index contributed by atoms with van der Waals surface area (Å²) in [5, 5.41) is 5.77. The van der Waals surface area contributed by atoms with Gasteiger partial charge in [0.2, 0.25) is 0 Å². The first-order valence-electron chi connectivity index (χ1n) is 7.69. The second kappa shape index (κ2) is 7.18. The van der Waals surface area contributed by atoms with Crippen LogP contribution in [0.15, 0.2) is 60.8 Å². The molecular formula is C18H12F5N3O. The lowest BCUT2D eigenvalue weighted by molar-refractivity contribution is -0.155. The number of alkyl halides is 3. The van der Waals surface area contributed by atoms with Gasteiger partial charge in [-0.1, -0.05) is 12.1 Å². The van der Waals surface area contributed by atoms with Gasteiger partial charge in [-0.3, -0.25) is 4.79 Å². The molecule has 0 fully saturated rings. The highest BCUT2D eigenvalue weighted by Crippen LogP contribution is 2.33. The molecule has 2 aromatic carbocycles. The Labute approximate surface area is 150 Å². The zero-order valence-electron chi connectivity index (χ0n) is 13.5. The molecule has 0 radical (unpaired) electrons. The zero-order chi connectivity index (χ0) is 19.6. The van der Waals surface area contributed by atoms with E-state index in [0.717, 1.165) is 24.3 Å². The molecule has 0 saturated heterocycles. The van der Waals surface area contributed by atoms with Crippen molar-refractivity contribution >= 4 is 5.91 Å². The highest BCUT2D eigenvalue weighted by atomic mass is 19.4. The molecule has 4 nitrogen and oxygen atoms in total. The smallest absolute Gasteiger partial charge is 0.335 e. The largest absolute Gasteiger partial charge is 0.412 e. The summed E-state index contributed by atoms with van der Waals surface area (Å²) in [6, 6.07) is 7.75. The Kier molecular flexibility index (Phi) is 4.93. The lowest BCUT2D eigenvalue weighted by atomic mass is 10.1. The van der Waals surface area contributed by atoms with Gasteiger partial charge in [-0.05, 0) is 48.0 Å². The van der Waals surface area contributed by atoms with Gasteiger partial charge in [0.1, 0.15) is 11.6 Å². The van der Waals surface area contributed by atoms with Crippen molar-refractivity contribution in [1.82, 2.24) is 15.1 Å². The van der Waals surface area contributed by atoms with Crippen molar-refractivity contribution in [2.24, 2.45) is 0 Å². The van der Waals surface area contributed by atoms with E-state index in [1.165, 1.54) is 41.2 Å². The van der Waals surface area contributed by atoms with Crippen LogP contribution >= 0.6 is 0 Å². The summed E-state index contributed by atoms with van der Waals surface area (Å²) in [6.45, 7) is 0. The Balaban J connectivity index is 1.82. The van der Waals surface area contributed by atoms with Crippen LogP contribution in [-0.4, -0.2) is 21.9 Å². The topological polar surface area (TPSA) is 46.9 Å². The third-order valence-corrected chi connectivity index (χ3v) is 3.72. The molecule has 1 N–H and O–H groups in total. The van der Waals surface area contributed by atoms with Crippen LogP contribution in [0.25, 0.3) is 5.69 Å².